The number of carboxylic acids is 1. The second kappa shape index (κ2) is 35.8. The number of unbranched alkanes of at least 4 members (excludes halogenated alkanes) is 1. The highest BCUT2D eigenvalue weighted by molar-refractivity contribution is 7.98. The van der Waals surface area contributed by atoms with Gasteiger partial charge in [0.15, 0.2) is 0 Å². The molecule has 10 amide bonds. The number of carbonyl (C=O) groups is 11. The van der Waals surface area contributed by atoms with Gasteiger partial charge >= 0.3 is 5.97 Å². The van der Waals surface area contributed by atoms with Crippen LogP contribution >= 0.6 is 23.5 Å². The molecule has 0 spiro atoms. The molecule has 3 aromatic heterocycles. The zero-order chi connectivity index (χ0) is 73.1. The molecule has 0 unspecified atom stereocenters. The number of nitrogens with two attached hydrogens (primary N) is 2. The summed E-state index contributed by atoms with van der Waals surface area (Å²) in [6.07, 6.45) is 4.84. The maximum Gasteiger partial charge on any atom is 0.305 e. The third-order valence-electron chi connectivity index (χ3n) is 17.9. The topological polar surface area (TPSA) is 420 Å². The van der Waals surface area contributed by atoms with Crippen LogP contribution < -0.4 is 54.0 Å². The molecule has 1 saturated heterocycles. The Morgan fingerprint density at radius 2 is 1.20 bits per heavy atom. The number of primary amides is 1. The quantitative estimate of drug-likeness (QED) is 0.0655. The van der Waals surface area contributed by atoms with E-state index in [4.69, 9.17) is 11.5 Å². The Morgan fingerprint density at radius 3 is 1.84 bits per heavy atom. The van der Waals surface area contributed by atoms with E-state index in [1.165, 1.54) is 89.7 Å². The lowest BCUT2D eigenvalue weighted by molar-refractivity contribution is -0.143. The highest BCUT2D eigenvalue weighted by Crippen LogP contribution is 2.27. The fraction of sp³-hybridized carbons (Fsp3) is 0.361. The van der Waals surface area contributed by atoms with Crippen LogP contribution in [-0.2, 0) is 89.9 Å². The number of fused-ring (bicyclic) bond motifs is 6. The SMILES string of the molecule is NCCCC[C@@H]1NC(=O)CCSCc2cccc(c2)CSC[C@@H](C(N)=O)NC(=O)[C@@H]2CCCN2C(=O)[C@H](Cc2ccc3ccccc3c2)NC(=O)[C@H](Cc2c[nH]cn2)NC(=O)[C@H](CC(=O)O)NC(=O)[C@H](Cc2c[nH]c3ccc(F)cc23)NC(=O)[C@H](Cc2c[nH]c3ccc(F)cc23)NC(=O)CNC1=O. The van der Waals surface area contributed by atoms with Gasteiger partial charge < -0.3 is 79.0 Å². The van der Waals surface area contributed by atoms with Gasteiger partial charge in [0, 0.05) is 102 Å². The predicted octanol–water partition coefficient (Wildman–Crippen LogP) is 3.23. The van der Waals surface area contributed by atoms with Gasteiger partial charge in [-0.25, -0.2) is 13.8 Å². The number of thioether (sulfide) groups is 2. The zero-order valence-electron chi connectivity index (χ0n) is 56.0. The molecule has 0 aliphatic carbocycles. The number of hydrogen-bond donors (Lipinski definition) is 14. The van der Waals surface area contributed by atoms with Crippen LogP contribution in [0.5, 0.6) is 0 Å². The molecule has 5 heterocycles. The number of benzene rings is 5. The maximum atomic E-state index is 15.3. The number of hydrogen-bond acceptors (Lipinski definition) is 15. The molecule has 0 saturated carbocycles. The van der Waals surface area contributed by atoms with Crippen molar-refractivity contribution < 1.29 is 66.6 Å². The molecule has 103 heavy (non-hydrogen) atoms. The van der Waals surface area contributed by atoms with E-state index in [-0.39, 0.29) is 67.5 Å². The number of aromatic nitrogens is 4. The highest BCUT2D eigenvalue weighted by atomic mass is 32.2. The zero-order valence-corrected chi connectivity index (χ0v) is 57.7. The lowest BCUT2D eigenvalue weighted by Crippen LogP contribution is -2.61. The first-order valence-electron chi connectivity index (χ1n) is 33.7. The summed E-state index contributed by atoms with van der Waals surface area (Å²) >= 11 is 2.81. The van der Waals surface area contributed by atoms with Crippen LogP contribution in [0.2, 0.25) is 0 Å². The van der Waals surface area contributed by atoms with Crippen LogP contribution in [0.25, 0.3) is 32.6 Å². The molecular formula is C72H81F2N15O12S2. The summed E-state index contributed by atoms with van der Waals surface area (Å²) in [5, 5.41) is 33.8. The first-order chi connectivity index (χ1) is 49.6. The monoisotopic (exact) mass is 1450 g/mol. The largest absolute Gasteiger partial charge is 0.481 e. The molecule has 0 radical (unpaired) electrons. The normalized spacial score (nSPS) is 21.8. The fourth-order valence-corrected chi connectivity index (χ4v) is 14.5. The van der Waals surface area contributed by atoms with Gasteiger partial charge in [0.25, 0.3) is 0 Å². The summed E-state index contributed by atoms with van der Waals surface area (Å²) in [6, 6.07) is 16.3. The number of nitrogens with zero attached hydrogens (tertiary/aromatic N) is 2. The summed E-state index contributed by atoms with van der Waals surface area (Å²) < 4.78 is 29.9. The number of aliphatic carboxylic acids is 1. The van der Waals surface area contributed by atoms with Gasteiger partial charge in [0.2, 0.25) is 59.1 Å². The van der Waals surface area contributed by atoms with Crippen LogP contribution in [0.4, 0.5) is 8.78 Å². The average Bonchev–Trinajstić information content (AvgIpc) is 1.74. The molecule has 8 atom stereocenters. The molecule has 5 aromatic carbocycles. The summed E-state index contributed by atoms with van der Waals surface area (Å²) in [7, 11) is 0. The van der Waals surface area contributed by atoms with Crippen molar-refractivity contribution in [3.05, 3.63) is 173 Å². The van der Waals surface area contributed by atoms with Crippen LogP contribution in [0, 0.1) is 11.6 Å². The second-order valence-electron chi connectivity index (χ2n) is 25.4. The van der Waals surface area contributed by atoms with Crippen molar-refractivity contribution in [2.24, 2.45) is 11.5 Å². The Kier molecular flexibility index (Phi) is 26.1. The van der Waals surface area contributed by atoms with Gasteiger partial charge in [0.1, 0.15) is 60.0 Å². The highest BCUT2D eigenvalue weighted by Gasteiger charge is 2.41. The minimum atomic E-state index is -2.03. The lowest BCUT2D eigenvalue weighted by Gasteiger charge is -2.31. The van der Waals surface area contributed by atoms with E-state index in [9.17, 15) is 47.4 Å². The first-order valence-corrected chi connectivity index (χ1v) is 36.1. The van der Waals surface area contributed by atoms with Crippen molar-refractivity contribution in [2.45, 2.75) is 130 Å². The van der Waals surface area contributed by atoms with E-state index in [1.54, 1.807) is 6.07 Å². The van der Waals surface area contributed by atoms with Gasteiger partial charge in [-0.2, -0.15) is 23.5 Å². The Hall–Kier alpha value is -10.7. The summed E-state index contributed by atoms with van der Waals surface area (Å²) in [6.45, 7) is -0.371. The minimum absolute atomic E-state index is 0.0159. The van der Waals surface area contributed by atoms with Crippen LogP contribution in [-0.4, -0.2) is 174 Å². The van der Waals surface area contributed by atoms with E-state index in [0.29, 0.717) is 70.6 Å². The Morgan fingerprint density at radius 1 is 0.592 bits per heavy atom. The number of carboxylic acid groups (broad SMARTS) is 1. The number of aromatic amines is 3. The van der Waals surface area contributed by atoms with Crippen LogP contribution in [0.1, 0.15) is 78.5 Å². The standard InChI is InChI=1S/C72H81F2N15O12S2/c73-47-15-17-52-50(28-47)45(32-78-52)26-55-67(96)84-56(27-46-33-79-53-18-16-48(74)29-51(46)53)68(97)86-58(31-64(92)93)70(99)85-57(30-49-34-77-39-81-49)69(98)87-59(25-40-13-14-43-9-1-2-10-44(43)24-40)72(101)89-21-6-12-61(89)71(100)88-60(65(76)94)38-103-37-42-8-5-7-41(23-42)36-102-22-19-62(90)82-54(11-3-4-20-75)66(95)80-35-63(91)83-55/h1-2,5,7-10,13-18,23-24,28-29,32-34,39,54-61,78-79H,3-4,6,11-12,19-22,25-27,30-31,35-38,75H2,(H2,76,94)(H,77,81)(H,80,95)(H,82,90)(H,83,91)(H,84,96)(H,85,99)(H,86,97)(H,87,98)(H,88,100)(H,92,93)/t54-,55-,56-,57-,58-,59-,60-,61-/m0/s1. The van der Waals surface area contributed by atoms with Crippen LogP contribution in [0.3, 0.4) is 0 Å². The van der Waals surface area contributed by atoms with E-state index >= 15 is 19.2 Å². The molecule has 542 valence electrons. The Bertz CT molecular complexity index is 4420. The Labute approximate surface area is 598 Å². The molecule has 2 aliphatic heterocycles. The van der Waals surface area contributed by atoms with Gasteiger partial charge in [-0.15, -0.1) is 0 Å². The van der Waals surface area contributed by atoms with Crippen molar-refractivity contribution >= 4 is 121 Å². The van der Waals surface area contributed by atoms with Crippen molar-refractivity contribution in [3.8, 4) is 0 Å². The van der Waals surface area contributed by atoms with E-state index in [0.717, 1.165) is 21.9 Å². The van der Waals surface area contributed by atoms with Gasteiger partial charge in [-0.1, -0.05) is 66.7 Å². The molecule has 16 N–H and O–H groups in total. The van der Waals surface area contributed by atoms with Crippen LogP contribution in [0.15, 0.2) is 128 Å². The molecule has 1 fully saturated rings. The van der Waals surface area contributed by atoms with Crippen molar-refractivity contribution in [2.75, 3.05) is 31.1 Å². The Balaban J connectivity index is 0.984. The maximum absolute atomic E-state index is 15.3. The summed E-state index contributed by atoms with van der Waals surface area (Å²) in [4.78, 5) is 172. The van der Waals surface area contributed by atoms with Gasteiger partial charge in [-0.05, 0) is 114 Å². The van der Waals surface area contributed by atoms with Crippen molar-refractivity contribution in [1.82, 2.24) is 67.4 Å². The summed E-state index contributed by atoms with van der Waals surface area (Å²) in [5.41, 5.74) is 15.8. The van der Waals surface area contributed by atoms with Gasteiger partial charge in [0.05, 0.1) is 25.0 Å². The van der Waals surface area contributed by atoms with E-state index < -0.39 is 144 Å². The number of amides is 10. The lowest BCUT2D eigenvalue weighted by atomic mass is 9.99. The fourth-order valence-electron chi connectivity index (χ4n) is 12.6. The third kappa shape index (κ3) is 20.8. The molecular weight excluding hydrogens is 1370 g/mol. The molecule has 8 aromatic rings. The number of rotatable bonds is 15. The number of H-pyrrole nitrogens is 3. The molecule has 2 bridgehead atoms. The second-order valence-corrected chi connectivity index (χ2v) is 27.6. The van der Waals surface area contributed by atoms with Crippen molar-refractivity contribution in [3.63, 3.8) is 0 Å². The van der Waals surface area contributed by atoms with Crippen molar-refractivity contribution in [1.29, 1.82) is 0 Å². The minimum Gasteiger partial charge on any atom is -0.481 e. The molecule has 31 heteroatoms. The predicted molar refractivity (Wildman–Crippen MR) is 383 cm³/mol. The number of halogens is 2. The number of nitrogens with one attached hydrogen (secondary N) is 11. The smallest absolute Gasteiger partial charge is 0.305 e. The van der Waals surface area contributed by atoms with E-state index in [1.807, 2.05) is 60.7 Å². The molecule has 2 aliphatic rings. The molecule has 27 nitrogen and oxygen atoms in total. The van der Waals surface area contributed by atoms with E-state index in [2.05, 4.69) is 62.5 Å². The molecule has 10 rings (SSSR count). The first kappa shape index (κ1) is 75.0. The number of imidazole rings is 1. The average molecular weight is 1450 g/mol. The third-order valence-corrected chi connectivity index (χ3v) is 20.0. The summed E-state index contributed by atoms with van der Waals surface area (Å²) in [5.74, 6) is -10.2. The number of carbonyl (C=O) groups excluding carboxylic acids is 10. The van der Waals surface area contributed by atoms with Gasteiger partial charge in [-0.3, -0.25) is 52.7 Å².